The Hall–Kier alpha value is -3.66. The van der Waals surface area contributed by atoms with Gasteiger partial charge < -0.3 is 14.1 Å². The highest BCUT2D eigenvalue weighted by molar-refractivity contribution is 6.05. The van der Waals surface area contributed by atoms with Crippen molar-refractivity contribution in [2.45, 2.75) is 19.4 Å². The van der Waals surface area contributed by atoms with Gasteiger partial charge in [0.15, 0.2) is 12.4 Å². The Morgan fingerprint density at radius 1 is 1.25 bits per heavy atom. The smallest absolute Gasteiger partial charge is 0.339 e. The lowest BCUT2D eigenvalue weighted by Gasteiger charge is -2.28. The minimum Gasteiger partial charge on any atom is -0.463 e. The van der Waals surface area contributed by atoms with E-state index in [4.69, 9.17) is 14.4 Å². The molecule has 142 valence electrons. The van der Waals surface area contributed by atoms with Gasteiger partial charge in [-0.25, -0.2) is 9.78 Å². The van der Waals surface area contributed by atoms with Crippen LogP contribution in [0.2, 0.25) is 0 Å². The first kappa shape index (κ1) is 19.1. The number of hydrogen-bond acceptors (Lipinski definition) is 6. The summed E-state index contributed by atoms with van der Waals surface area (Å²) in [5, 5.41) is 9.75. The average molecular weight is 377 g/mol. The first-order valence-electron chi connectivity index (χ1n) is 8.62. The van der Waals surface area contributed by atoms with Gasteiger partial charge >= 0.3 is 5.97 Å². The molecule has 7 nitrogen and oxygen atoms in total. The fourth-order valence-electron chi connectivity index (χ4n) is 2.58. The van der Waals surface area contributed by atoms with E-state index in [1.807, 2.05) is 12.1 Å². The van der Waals surface area contributed by atoms with Crippen molar-refractivity contribution >= 4 is 22.8 Å². The molecule has 1 amide bonds. The number of amides is 1. The van der Waals surface area contributed by atoms with Gasteiger partial charge in [-0.3, -0.25) is 4.79 Å². The Morgan fingerprint density at radius 2 is 2.00 bits per heavy atom. The molecule has 0 unspecified atom stereocenters. The zero-order valence-electron chi connectivity index (χ0n) is 15.8. The molecule has 0 atom stereocenters. The van der Waals surface area contributed by atoms with Crippen LogP contribution in [0.15, 0.2) is 53.1 Å². The lowest BCUT2D eigenvalue weighted by molar-refractivity contribution is -0.136. The van der Waals surface area contributed by atoms with Gasteiger partial charge in [-0.15, -0.1) is 0 Å². The van der Waals surface area contributed by atoms with Crippen LogP contribution in [-0.4, -0.2) is 41.0 Å². The highest BCUT2D eigenvalue weighted by Crippen LogP contribution is 2.25. The number of likely N-dealkylation sites (N-methyl/N-ethyl adjacent to an activating group) is 1. The second kappa shape index (κ2) is 7.53. The molecule has 2 aromatic heterocycles. The molecule has 0 N–H and O–H groups in total. The summed E-state index contributed by atoms with van der Waals surface area (Å²) in [6.07, 6.45) is 1.52. The van der Waals surface area contributed by atoms with Gasteiger partial charge in [-0.1, -0.05) is 18.2 Å². The molecule has 0 bridgehead atoms. The minimum absolute atomic E-state index is 0.284. The van der Waals surface area contributed by atoms with Gasteiger partial charge in [0.05, 0.1) is 23.4 Å². The van der Waals surface area contributed by atoms with E-state index in [9.17, 15) is 9.59 Å². The Labute approximate surface area is 162 Å². The molecule has 7 heteroatoms. The van der Waals surface area contributed by atoms with Crippen LogP contribution in [0.4, 0.5) is 0 Å². The first-order valence-corrected chi connectivity index (χ1v) is 8.62. The first-order chi connectivity index (χ1) is 13.3. The number of aromatic nitrogens is 1. The van der Waals surface area contributed by atoms with Gasteiger partial charge in [0, 0.05) is 12.4 Å². The Morgan fingerprint density at radius 3 is 2.68 bits per heavy atom. The molecule has 0 aliphatic rings. The van der Waals surface area contributed by atoms with Crippen molar-refractivity contribution in [3.8, 4) is 17.5 Å². The third kappa shape index (κ3) is 3.71. The molecule has 3 aromatic rings. The molecule has 2 heterocycles. The molecule has 3 rings (SSSR count). The third-order valence-corrected chi connectivity index (χ3v) is 4.52. The predicted octanol–water partition coefficient (Wildman–Crippen LogP) is 3.41. The van der Waals surface area contributed by atoms with E-state index in [1.165, 1.54) is 18.2 Å². The third-order valence-electron chi connectivity index (χ3n) is 4.52. The van der Waals surface area contributed by atoms with E-state index in [1.54, 1.807) is 50.2 Å². The number of esters is 1. The molecule has 0 aliphatic carbocycles. The second-order valence-electron chi connectivity index (χ2n) is 6.75. The number of nitriles is 1. The summed E-state index contributed by atoms with van der Waals surface area (Å²) in [6.45, 7) is 2.75. The Balaban J connectivity index is 1.87. The molecule has 0 radical (unpaired) electrons. The fraction of sp³-hybridized carbons (Fsp3) is 0.238. The molecule has 0 fully saturated rings. The van der Waals surface area contributed by atoms with E-state index in [0.29, 0.717) is 22.4 Å². The summed E-state index contributed by atoms with van der Waals surface area (Å²) in [7, 11) is 1.50. The number of fused-ring (bicyclic) bond motifs is 1. The van der Waals surface area contributed by atoms with Crippen LogP contribution in [0.1, 0.15) is 24.2 Å². The number of carbonyl (C=O) groups excluding carboxylic acids is 2. The lowest BCUT2D eigenvalue weighted by Crippen LogP contribution is -2.45. The molecule has 0 spiro atoms. The number of para-hydroxylation sites is 1. The van der Waals surface area contributed by atoms with Gasteiger partial charge in [0.25, 0.3) is 5.91 Å². The van der Waals surface area contributed by atoms with Crippen LogP contribution >= 0.6 is 0 Å². The number of benzene rings is 1. The molecule has 0 saturated heterocycles. The average Bonchev–Trinajstić information content (AvgIpc) is 3.25. The number of furan rings is 1. The Kier molecular flexibility index (Phi) is 5.14. The van der Waals surface area contributed by atoms with Crippen LogP contribution in [0.3, 0.4) is 0 Å². The van der Waals surface area contributed by atoms with Crippen molar-refractivity contribution in [2.24, 2.45) is 0 Å². The van der Waals surface area contributed by atoms with Crippen LogP contribution in [0.5, 0.6) is 0 Å². The second-order valence-corrected chi connectivity index (χ2v) is 6.75. The topological polar surface area (TPSA) is 96.4 Å². The fourth-order valence-corrected chi connectivity index (χ4v) is 2.58. The summed E-state index contributed by atoms with van der Waals surface area (Å²) in [5.41, 5.74) is 0.383. The lowest BCUT2D eigenvalue weighted by atomic mass is 10.1. The van der Waals surface area contributed by atoms with Crippen molar-refractivity contribution < 1.29 is 18.7 Å². The van der Waals surface area contributed by atoms with Crippen molar-refractivity contribution in [3.05, 3.63) is 54.3 Å². The maximum Gasteiger partial charge on any atom is 0.339 e. The zero-order chi connectivity index (χ0) is 20.3. The SMILES string of the molecule is CN(C(=O)COC(=O)c1cc(-c2ccco2)nc2ccccc12)C(C)(C)C#N. The van der Waals surface area contributed by atoms with E-state index in [2.05, 4.69) is 4.98 Å². The largest absolute Gasteiger partial charge is 0.463 e. The predicted molar refractivity (Wildman–Crippen MR) is 102 cm³/mol. The van der Waals surface area contributed by atoms with E-state index in [-0.39, 0.29) is 5.56 Å². The highest BCUT2D eigenvalue weighted by Gasteiger charge is 2.28. The molecule has 0 aliphatic heterocycles. The van der Waals surface area contributed by atoms with Crippen molar-refractivity contribution in [3.63, 3.8) is 0 Å². The van der Waals surface area contributed by atoms with Crippen molar-refractivity contribution in [2.75, 3.05) is 13.7 Å². The summed E-state index contributed by atoms with van der Waals surface area (Å²) in [6, 6.07) is 14.2. The minimum atomic E-state index is -1.00. The summed E-state index contributed by atoms with van der Waals surface area (Å²) < 4.78 is 10.6. The maximum absolute atomic E-state index is 12.7. The van der Waals surface area contributed by atoms with Crippen LogP contribution < -0.4 is 0 Å². The standard InChI is InChI=1S/C21H19N3O4/c1-21(2,13-22)24(3)19(25)12-28-20(26)15-11-17(18-9-6-10-27-18)23-16-8-5-4-7-14(15)16/h4-11H,12H2,1-3H3. The molecule has 28 heavy (non-hydrogen) atoms. The van der Waals surface area contributed by atoms with Crippen LogP contribution in [-0.2, 0) is 9.53 Å². The summed E-state index contributed by atoms with van der Waals surface area (Å²) >= 11 is 0. The van der Waals surface area contributed by atoms with E-state index in [0.717, 1.165) is 0 Å². The van der Waals surface area contributed by atoms with Gasteiger partial charge in [0.2, 0.25) is 0 Å². The number of pyridine rings is 1. The zero-order valence-corrected chi connectivity index (χ0v) is 15.8. The number of hydrogen-bond donors (Lipinski definition) is 0. The molecule has 0 saturated carbocycles. The van der Waals surface area contributed by atoms with E-state index >= 15 is 0 Å². The van der Waals surface area contributed by atoms with Gasteiger partial charge in [0.1, 0.15) is 11.2 Å². The quantitative estimate of drug-likeness (QED) is 0.632. The summed E-state index contributed by atoms with van der Waals surface area (Å²) in [5.74, 6) is -0.598. The number of ether oxygens (including phenoxy) is 1. The van der Waals surface area contributed by atoms with Gasteiger partial charge in [-0.2, -0.15) is 5.26 Å². The molecular formula is C21H19N3O4. The van der Waals surface area contributed by atoms with Crippen LogP contribution in [0.25, 0.3) is 22.4 Å². The van der Waals surface area contributed by atoms with Crippen molar-refractivity contribution in [1.82, 2.24) is 9.88 Å². The molecule has 1 aromatic carbocycles. The summed E-state index contributed by atoms with van der Waals surface area (Å²) in [4.78, 5) is 30.7. The van der Waals surface area contributed by atoms with Gasteiger partial charge in [-0.05, 0) is 38.1 Å². The highest BCUT2D eigenvalue weighted by atomic mass is 16.5. The normalized spacial score (nSPS) is 11.1. The van der Waals surface area contributed by atoms with Crippen LogP contribution in [0, 0.1) is 11.3 Å². The number of carbonyl (C=O) groups is 2. The monoisotopic (exact) mass is 377 g/mol. The Bertz CT molecular complexity index is 1060. The van der Waals surface area contributed by atoms with Crippen molar-refractivity contribution in [1.29, 1.82) is 5.26 Å². The molecular weight excluding hydrogens is 358 g/mol. The van der Waals surface area contributed by atoms with E-state index < -0.39 is 24.0 Å². The number of rotatable bonds is 5. The maximum atomic E-state index is 12.7. The number of nitrogens with zero attached hydrogens (tertiary/aromatic N) is 3.